The number of furan rings is 1. The third-order valence-electron chi connectivity index (χ3n) is 5.11. The minimum Gasteiger partial charge on any atom is -0.482 e. The molecule has 0 radical (unpaired) electrons. The van der Waals surface area contributed by atoms with Crippen molar-refractivity contribution in [2.24, 2.45) is 0 Å². The lowest BCUT2D eigenvalue weighted by molar-refractivity contribution is -0.136. The van der Waals surface area contributed by atoms with E-state index < -0.39 is 11.6 Å². The lowest BCUT2D eigenvalue weighted by Gasteiger charge is -2.09. The van der Waals surface area contributed by atoms with Gasteiger partial charge in [0.1, 0.15) is 28.4 Å². The molecule has 0 spiro atoms. The zero-order chi connectivity index (χ0) is 19.8. The molecule has 0 atom stereocenters. The summed E-state index contributed by atoms with van der Waals surface area (Å²) in [5.74, 6) is 1.40. The Labute approximate surface area is 165 Å². The summed E-state index contributed by atoms with van der Waals surface area (Å²) in [6, 6.07) is 13.5. The number of rotatable bonds is 4. The molecule has 0 amide bonds. The van der Waals surface area contributed by atoms with Gasteiger partial charge in [0.25, 0.3) is 0 Å². The highest BCUT2D eigenvalue weighted by Gasteiger charge is 2.18. The number of esters is 1. The van der Waals surface area contributed by atoms with Crippen LogP contribution < -0.4 is 15.1 Å². The highest BCUT2D eigenvalue weighted by Crippen LogP contribution is 2.34. The molecule has 6 nitrogen and oxygen atoms in total. The number of fused-ring (bicyclic) bond motifs is 4. The third-order valence-corrected chi connectivity index (χ3v) is 5.11. The normalized spacial score (nSPS) is 13.4. The second kappa shape index (κ2) is 7.13. The molecule has 0 fully saturated rings. The Bertz CT molecular complexity index is 1280. The summed E-state index contributed by atoms with van der Waals surface area (Å²) in [6.45, 7) is -0.234. The van der Waals surface area contributed by atoms with Gasteiger partial charge < -0.3 is 18.3 Å². The summed E-state index contributed by atoms with van der Waals surface area (Å²) in [6.07, 6.45) is 4.29. The second-order valence-corrected chi connectivity index (χ2v) is 7.09. The Kier molecular flexibility index (Phi) is 4.31. The van der Waals surface area contributed by atoms with Crippen molar-refractivity contribution in [3.8, 4) is 11.5 Å². The maximum atomic E-state index is 12.2. The van der Waals surface area contributed by atoms with E-state index in [9.17, 15) is 9.59 Å². The average molecular weight is 390 g/mol. The number of carbonyl (C=O) groups excluding carboxylic acids is 1. The van der Waals surface area contributed by atoms with Gasteiger partial charge in [-0.2, -0.15) is 0 Å². The number of aryl methyl sites for hydroxylation is 2. The molecule has 1 aliphatic rings. The molecule has 2 aromatic carbocycles. The summed E-state index contributed by atoms with van der Waals surface area (Å²) in [5.41, 5.74) is 2.00. The van der Waals surface area contributed by atoms with Crippen LogP contribution in [0, 0.1) is 0 Å². The first-order chi connectivity index (χ1) is 14.2. The van der Waals surface area contributed by atoms with E-state index in [1.165, 1.54) is 17.7 Å². The number of hydrogen-bond donors (Lipinski definition) is 0. The minimum atomic E-state index is -0.544. The van der Waals surface area contributed by atoms with Crippen LogP contribution in [0.2, 0.25) is 0 Å². The van der Waals surface area contributed by atoms with Crippen molar-refractivity contribution in [1.82, 2.24) is 0 Å². The highest BCUT2D eigenvalue weighted by molar-refractivity contribution is 5.84. The molecule has 29 heavy (non-hydrogen) atoms. The monoisotopic (exact) mass is 390 g/mol. The van der Waals surface area contributed by atoms with Crippen molar-refractivity contribution in [2.45, 2.75) is 25.7 Å². The van der Waals surface area contributed by atoms with Crippen LogP contribution in [0.15, 0.2) is 62.2 Å². The van der Waals surface area contributed by atoms with Crippen LogP contribution in [0.5, 0.6) is 11.5 Å². The summed E-state index contributed by atoms with van der Waals surface area (Å²) in [7, 11) is 0. The maximum absolute atomic E-state index is 12.2. The van der Waals surface area contributed by atoms with Crippen molar-refractivity contribution < 1.29 is 23.1 Å². The van der Waals surface area contributed by atoms with E-state index in [1.807, 2.05) is 12.1 Å². The summed E-state index contributed by atoms with van der Waals surface area (Å²) in [4.78, 5) is 23.5. The predicted octanol–water partition coefficient (Wildman–Crippen LogP) is 4.40. The van der Waals surface area contributed by atoms with Crippen molar-refractivity contribution in [1.29, 1.82) is 0 Å². The standard InChI is InChI=1S/C23H18O6/c24-22-10-6-14-5-7-16(12-21(14)29-22)27-23(25)13-26-15-8-9-20-18(11-15)17-3-1-2-4-19(17)28-20/h5-12H,1-4,13H2. The lowest BCUT2D eigenvalue weighted by Crippen LogP contribution is -2.17. The SMILES string of the molecule is O=C(COc1ccc2oc3c(c2c1)CCCC3)Oc1ccc2ccc(=O)oc2c1. The van der Waals surface area contributed by atoms with E-state index in [0.717, 1.165) is 47.8 Å². The van der Waals surface area contributed by atoms with Crippen molar-refractivity contribution in [3.05, 3.63) is 70.3 Å². The quantitative estimate of drug-likeness (QED) is 0.292. The summed E-state index contributed by atoms with van der Waals surface area (Å²) >= 11 is 0. The van der Waals surface area contributed by atoms with E-state index in [2.05, 4.69) is 0 Å². The summed E-state index contributed by atoms with van der Waals surface area (Å²) in [5, 5.41) is 1.80. The lowest BCUT2D eigenvalue weighted by atomic mass is 9.96. The largest absolute Gasteiger partial charge is 0.482 e. The first kappa shape index (κ1) is 17.6. The van der Waals surface area contributed by atoms with Gasteiger partial charge in [-0.3, -0.25) is 0 Å². The van der Waals surface area contributed by atoms with Gasteiger partial charge in [-0.15, -0.1) is 0 Å². The van der Waals surface area contributed by atoms with E-state index >= 15 is 0 Å². The molecule has 2 aromatic heterocycles. The molecule has 0 bridgehead atoms. The molecule has 0 aliphatic heterocycles. The van der Waals surface area contributed by atoms with Gasteiger partial charge in [0.05, 0.1) is 0 Å². The first-order valence-electron chi connectivity index (χ1n) is 9.57. The van der Waals surface area contributed by atoms with E-state index in [1.54, 1.807) is 24.3 Å². The maximum Gasteiger partial charge on any atom is 0.349 e. The van der Waals surface area contributed by atoms with Crippen molar-refractivity contribution in [3.63, 3.8) is 0 Å². The zero-order valence-electron chi connectivity index (χ0n) is 15.6. The molecule has 0 unspecified atom stereocenters. The van der Waals surface area contributed by atoms with E-state index in [0.29, 0.717) is 17.1 Å². The Morgan fingerprint density at radius 2 is 1.72 bits per heavy atom. The van der Waals surface area contributed by atoms with Gasteiger partial charge in [-0.1, -0.05) is 0 Å². The fourth-order valence-electron chi connectivity index (χ4n) is 3.74. The molecule has 146 valence electrons. The van der Waals surface area contributed by atoms with E-state index in [4.69, 9.17) is 18.3 Å². The van der Waals surface area contributed by atoms with Gasteiger partial charge in [0.15, 0.2) is 6.61 Å². The fraction of sp³-hybridized carbons (Fsp3) is 0.217. The Morgan fingerprint density at radius 3 is 2.66 bits per heavy atom. The molecule has 6 heteroatoms. The van der Waals surface area contributed by atoms with Crippen LogP contribution in [-0.4, -0.2) is 12.6 Å². The van der Waals surface area contributed by atoms with Crippen molar-refractivity contribution in [2.75, 3.05) is 6.61 Å². The van der Waals surface area contributed by atoms with Gasteiger partial charge >= 0.3 is 11.6 Å². The second-order valence-electron chi connectivity index (χ2n) is 7.09. The fourth-order valence-corrected chi connectivity index (χ4v) is 3.74. The van der Waals surface area contributed by atoms with Gasteiger partial charge in [-0.25, -0.2) is 9.59 Å². The number of hydrogen-bond acceptors (Lipinski definition) is 6. The molecule has 2 heterocycles. The van der Waals surface area contributed by atoms with Crippen LogP contribution in [0.1, 0.15) is 24.2 Å². The number of ether oxygens (including phenoxy) is 2. The molecule has 0 N–H and O–H groups in total. The van der Waals surface area contributed by atoms with Gasteiger partial charge in [-0.05, 0) is 55.7 Å². The minimum absolute atomic E-state index is 0.234. The molecular weight excluding hydrogens is 372 g/mol. The predicted molar refractivity (Wildman–Crippen MR) is 106 cm³/mol. The molecule has 1 aliphatic carbocycles. The van der Waals surface area contributed by atoms with Gasteiger partial charge in [0.2, 0.25) is 0 Å². The average Bonchev–Trinajstić information content (AvgIpc) is 3.10. The van der Waals surface area contributed by atoms with Gasteiger partial charge in [0, 0.05) is 34.9 Å². The van der Waals surface area contributed by atoms with Crippen molar-refractivity contribution >= 4 is 27.9 Å². The first-order valence-corrected chi connectivity index (χ1v) is 9.57. The van der Waals surface area contributed by atoms with Crippen LogP contribution in [0.25, 0.3) is 21.9 Å². The Balaban J connectivity index is 1.28. The number of carbonyl (C=O) groups is 1. The number of benzene rings is 2. The molecular formula is C23H18O6. The Hall–Kier alpha value is -3.54. The topological polar surface area (TPSA) is 78.9 Å². The highest BCUT2D eigenvalue weighted by atomic mass is 16.6. The van der Waals surface area contributed by atoms with Crippen LogP contribution in [0.3, 0.4) is 0 Å². The van der Waals surface area contributed by atoms with Crippen LogP contribution >= 0.6 is 0 Å². The zero-order valence-corrected chi connectivity index (χ0v) is 15.6. The smallest absolute Gasteiger partial charge is 0.349 e. The molecule has 5 rings (SSSR count). The summed E-state index contributed by atoms with van der Waals surface area (Å²) < 4.78 is 21.9. The molecule has 0 saturated heterocycles. The van der Waals surface area contributed by atoms with Crippen LogP contribution in [-0.2, 0) is 17.6 Å². The third kappa shape index (κ3) is 3.49. The molecule has 4 aromatic rings. The Morgan fingerprint density at radius 1 is 0.897 bits per heavy atom. The van der Waals surface area contributed by atoms with Crippen LogP contribution in [0.4, 0.5) is 0 Å². The van der Waals surface area contributed by atoms with E-state index in [-0.39, 0.29) is 6.61 Å². The molecule has 0 saturated carbocycles.